The van der Waals surface area contributed by atoms with Gasteiger partial charge in [0.15, 0.2) is 0 Å². The summed E-state index contributed by atoms with van der Waals surface area (Å²) in [6, 6.07) is 5.90. The summed E-state index contributed by atoms with van der Waals surface area (Å²) in [5.74, 6) is 0. The Bertz CT molecular complexity index is 597. The van der Waals surface area contributed by atoms with Crippen LogP contribution < -0.4 is 0 Å². The summed E-state index contributed by atoms with van der Waals surface area (Å²) >= 11 is 0. The van der Waals surface area contributed by atoms with Crippen LogP contribution in [-0.2, 0) is 0 Å². The van der Waals surface area contributed by atoms with Crippen molar-refractivity contribution in [2.45, 2.75) is 6.92 Å². The van der Waals surface area contributed by atoms with E-state index in [4.69, 9.17) is 4.42 Å². The number of hydrogen-bond acceptors (Lipinski definition) is 4. The molecule has 0 aliphatic carbocycles. The molecule has 0 aliphatic rings. The van der Waals surface area contributed by atoms with Crippen LogP contribution in [0.4, 0.5) is 0 Å². The lowest BCUT2D eigenvalue weighted by atomic mass is 10.1. The number of tetrazole rings is 1. The highest BCUT2D eigenvalue weighted by Gasteiger charge is 2.05. The molecule has 0 aliphatic heterocycles. The zero-order valence-electron chi connectivity index (χ0n) is 8.08. The molecule has 0 bridgehead atoms. The fraction of sp³-hybridized carbons (Fsp3) is 0.100. The summed E-state index contributed by atoms with van der Waals surface area (Å²) in [6.07, 6.45) is 3.25. The van der Waals surface area contributed by atoms with Crippen molar-refractivity contribution in [3.05, 3.63) is 36.4 Å². The Kier molecular flexibility index (Phi) is 1.58. The molecular weight excluding hydrogens is 192 g/mol. The van der Waals surface area contributed by atoms with Crippen LogP contribution in [0.5, 0.6) is 0 Å². The van der Waals surface area contributed by atoms with Crippen LogP contribution in [0.3, 0.4) is 0 Å². The van der Waals surface area contributed by atoms with Crippen molar-refractivity contribution in [2.24, 2.45) is 0 Å². The van der Waals surface area contributed by atoms with Gasteiger partial charge in [0, 0.05) is 5.39 Å². The minimum Gasteiger partial charge on any atom is -0.464 e. The molecule has 0 N–H and O–H groups in total. The molecule has 0 atom stereocenters. The van der Waals surface area contributed by atoms with Crippen LogP contribution in [0.15, 0.2) is 35.2 Å². The van der Waals surface area contributed by atoms with E-state index in [1.807, 2.05) is 25.1 Å². The first-order valence-electron chi connectivity index (χ1n) is 4.56. The number of fused-ring (bicyclic) bond motifs is 1. The van der Waals surface area contributed by atoms with Crippen molar-refractivity contribution in [3.63, 3.8) is 0 Å². The van der Waals surface area contributed by atoms with Crippen molar-refractivity contribution < 1.29 is 4.42 Å². The lowest BCUT2D eigenvalue weighted by Gasteiger charge is -2.01. The second kappa shape index (κ2) is 2.91. The molecule has 2 aromatic heterocycles. The molecule has 0 radical (unpaired) electrons. The summed E-state index contributed by atoms with van der Waals surface area (Å²) in [7, 11) is 0. The topological polar surface area (TPSA) is 56.7 Å². The standard InChI is InChI=1S/C10H8N4O/c1-7-4-9(14-6-11-12-13-14)5-8-2-3-15-10(7)8/h2-6H,1H3. The van der Waals surface area contributed by atoms with Gasteiger partial charge in [-0.3, -0.25) is 0 Å². The molecule has 1 aromatic carbocycles. The Morgan fingerprint density at radius 1 is 1.33 bits per heavy atom. The smallest absolute Gasteiger partial charge is 0.143 e. The highest BCUT2D eigenvalue weighted by molar-refractivity contribution is 5.82. The number of rotatable bonds is 1. The normalized spacial score (nSPS) is 11.0. The minimum atomic E-state index is 0.909. The molecule has 15 heavy (non-hydrogen) atoms. The zero-order chi connectivity index (χ0) is 10.3. The largest absolute Gasteiger partial charge is 0.464 e. The van der Waals surface area contributed by atoms with Crippen LogP contribution >= 0.6 is 0 Å². The van der Waals surface area contributed by atoms with E-state index in [0.29, 0.717) is 0 Å². The van der Waals surface area contributed by atoms with E-state index in [9.17, 15) is 0 Å². The predicted octanol–water partition coefficient (Wildman–Crippen LogP) is 1.72. The van der Waals surface area contributed by atoms with Crippen LogP contribution in [0.25, 0.3) is 16.7 Å². The number of aryl methyl sites for hydroxylation is 1. The van der Waals surface area contributed by atoms with Crippen molar-refractivity contribution in [3.8, 4) is 5.69 Å². The second-order valence-electron chi connectivity index (χ2n) is 3.36. The zero-order valence-corrected chi connectivity index (χ0v) is 8.08. The minimum absolute atomic E-state index is 0.909. The van der Waals surface area contributed by atoms with E-state index < -0.39 is 0 Å². The SMILES string of the molecule is Cc1cc(-n2cnnn2)cc2ccoc12. The maximum Gasteiger partial charge on any atom is 0.143 e. The van der Waals surface area contributed by atoms with Gasteiger partial charge in [0.1, 0.15) is 11.9 Å². The van der Waals surface area contributed by atoms with E-state index in [2.05, 4.69) is 15.5 Å². The van der Waals surface area contributed by atoms with Crippen LogP contribution in [0, 0.1) is 6.92 Å². The lowest BCUT2D eigenvalue weighted by Crippen LogP contribution is -1.95. The average molecular weight is 200 g/mol. The molecule has 3 aromatic rings. The number of aromatic nitrogens is 4. The maximum absolute atomic E-state index is 5.36. The van der Waals surface area contributed by atoms with E-state index in [-0.39, 0.29) is 0 Å². The summed E-state index contributed by atoms with van der Waals surface area (Å²) in [5.41, 5.74) is 2.92. The predicted molar refractivity (Wildman–Crippen MR) is 53.7 cm³/mol. The van der Waals surface area contributed by atoms with Crippen molar-refractivity contribution in [1.82, 2.24) is 20.2 Å². The fourth-order valence-corrected chi connectivity index (χ4v) is 1.65. The van der Waals surface area contributed by atoms with Gasteiger partial charge in [0.25, 0.3) is 0 Å². The lowest BCUT2D eigenvalue weighted by molar-refractivity contribution is 0.613. The number of hydrogen-bond donors (Lipinski definition) is 0. The van der Waals surface area contributed by atoms with Crippen LogP contribution in [0.2, 0.25) is 0 Å². The molecular formula is C10H8N4O. The van der Waals surface area contributed by atoms with Crippen molar-refractivity contribution in [1.29, 1.82) is 0 Å². The van der Waals surface area contributed by atoms with Gasteiger partial charge in [-0.05, 0) is 41.1 Å². The highest BCUT2D eigenvalue weighted by atomic mass is 16.3. The monoisotopic (exact) mass is 200 g/mol. The first kappa shape index (κ1) is 8.16. The third-order valence-electron chi connectivity index (χ3n) is 2.34. The molecule has 0 amide bonds. The van der Waals surface area contributed by atoms with E-state index in [1.165, 1.54) is 0 Å². The first-order valence-corrected chi connectivity index (χ1v) is 4.56. The van der Waals surface area contributed by atoms with Crippen molar-refractivity contribution >= 4 is 11.0 Å². The summed E-state index contributed by atoms with van der Waals surface area (Å²) in [6.45, 7) is 2.00. The van der Waals surface area contributed by atoms with E-state index in [1.54, 1.807) is 17.3 Å². The fourth-order valence-electron chi connectivity index (χ4n) is 1.65. The van der Waals surface area contributed by atoms with Gasteiger partial charge in [-0.25, -0.2) is 4.68 Å². The van der Waals surface area contributed by atoms with E-state index in [0.717, 1.165) is 22.2 Å². The molecule has 3 rings (SSSR count). The Morgan fingerprint density at radius 2 is 2.27 bits per heavy atom. The molecule has 5 heteroatoms. The Morgan fingerprint density at radius 3 is 3.07 bits per heavy atom. The second-order valence-corrected chi connectivity index (χ2v) is 3.36. The van der Waals surface area contributed by atoms with E-state index >= 15 is 0 Å². The summed E-state index contributed by atoms with van der Waals surface area (Å²) in [4.78, 5) is 0. The molecule has 0 saturated carbocycles. The molecule has 74 valence electrons. The Hall–Kier alpha value is -2.17. The molecule has 2 heterocycles. The molecule has 0 fully saturated rings. The van der Waals surface area contributed by atoms with Gasteiger partial charge < -0.3 is 4.42 Å². The Labute approximate surface area is 85.3 Å². The maximum atomic E-state index is 5.36. The van der Waals surface area contributed by atoms with Gasteiger partial charge in [0.05, 0.1) is 12.0 Å². The third kappa shape index (κ3) is 1.20. The number of nitrogens with zero attached hydrogens (tertiary/aromatic N) is 4. The van der Waals surface area contributed by atoms with Gasteiger partial charge in [-0.15, -0.1) is 5.10 Å². The Balaban J connectivity index is 2.29. The van der Waals surface area contributed by atoms with Crippen LogP contribution in [-0.4, -0.2) is 20.2 Å². The average Bonchev–Trinajstić information content (AvgIpc) is 2.88. The molecule has 0 saturated heterocycles. The molecule has 0 unspecified atom stereocenters. The van der Waals surface area contributed by atoms with Gasteiger partial charge in [-0.2, -0.15) is 0 Å². The summed E-state index contributed by atoms with van der Waals surface area (Å²) in [5, 5.41) is 12.1. The van der Waals surface area contributed by atoms with Gasteiger partial charge in [-0.1, -0.05) is 0 Å². The molecule has 0 spiro atoms. The van der Waals surface area contributed by atoms with Crippen LogP contribution in [0.1, 0.15) is 5.56 Å². The van der Waals surface area contributed by atoms with Gasteiger partial charge >= 0.3 is 0 Å². The van der Waals surface area contributed by atoms with Gasteiger partial charge in [0.2, 0.25) is 0 Å². The highest BCUT2D eigenvalue weighted by Crippen LogP contribution is 2.22. The number of furan rings is 1. The third-order valence-corrected chi connectivity index (χ3v) is 2.34. The summed E-state index contributed by atoms with van der Waals surface area (Å²) < 4.78 is 6.98. The van der Waals surface area contributed by atoms with Crippen molar-refractivity contribution in [2.75, 3.05) is 0 Å². The molecule has 5 nitrogen and oxygen atoms in total. The quantitative estimate of drug-likeness (QED) is 0.600. The first-order chi connectivity index (χ1) is 7.34. The number of benzene rings is 1.